The Labute approximate surface area is 146 Å². The number of amides is 1. The van der Waals surface area contributed by atoms with E-state index < -0.39 is 0 Å². The Kier molecular flexibility index (Phi) is 3.75. The molecule has 25 heavy (non-hydrogen) atoms. The molecule has 6 nitrogen and oxygen atoms in total. The number of nitrogens with zero attached hydrogens (tertiary/aromatic N) is 4. The minimum absolute atomic E-state index is 0.0628. The second-order valence-electron chi connectivity index (χ2n) is 6.76. The van der Waals surface area contributed by atoms with Gasteiger partial charge in [-0.05, 0) is 45.4 Å². The fraction of sp³-hybridized carbons (Fsp3) is 0.368. The van der Waals surface area contributed by atoms with E-state index in [9.17, 15) is 4.79 Å². The van der Waals surface area contributed by atoms with Gasteiger partial charge in [0.25, 0.3) is 5.91 Å². The zero-order valence-corrected chi connectivity index (χ0v) is 14.7. The van der Waals surface area contributed by atoms with E-state index >= 15 is 0 Å². The summed E-state index contributed by atoms with van der Waals surface area (Å²) in [5.41, 5.74) is 5.03. The first-order chi connectivity index (χ1) is 12.0. The van der Waals surface area contributed by atoms with E-state index in [0.717, 1.165) is 53.3 Å². The fourth-order valence-electron chi connectivity index (χ4n) is 3.34. The van der Waals surface area contributed by atoms with Crippen LogP contribution >= 0.6 is 0 Å². The van der Waals surface area contributed by atoms with Crippen LogP contribution in [0.3, 0.4) is 0 Å². The SMILES string of the molecule is Cc1cn2c(n1)CC[C@@H](NC(=O)c1ccc3nc(C)c(C)nc3c1)C2. The van der Waals surface area contributed by atoms with Crippen molar-refractivity contribution in [3.63, 3.8) is 0 Å². The maximum Gasteiger partial charge on any atom is 0.251 e. The maximum absolute atomic E-state index is 12.6. The third-order valence-corrected chi connectivity index (χ3v) is 4.79. The highest BCUT2D eigenvalue weighted by molar-refractivity contribution is 5.97. The first-order valence-corrected chi connectivity index (χ1v) is 8.58. The third-order valence-electron chi connectivity index (χ3n) is 4.79. The van der Waals surface area contributed by atoms with E-state index in [0.29, 0.717) is 5.56 Å². The summed E-state index contributed by atoms with van der Waals surface area (Å²) in [5.74, 6) is 1.04. The van der Waals surface area contributed by atoms with Crippen LogP contribution in [-0.2, 0) is 13.0 Å². The first-order valence-electron chi connectivity index (χ1n) is 8.58. The third kappa shape index (κ3) is 2.99. The maximum atomic E-state index is 12.6. The Bertz CT molecular complexity index is 975. The summed E-state index contributed by atoms with van der Waals surface area (Å²) in [4.78, 5) is 26.2. The number of fused-ring (bicyclic) bond motifs is 2. The van der Waals surface area contributed by atoms with E-state index in [-0.39, 0.29) is 11.9 Å². The fourth-order valence-corrected chi connectivity index (χ4v) is 3.34. The van der Waals surface area contributed by atoms with Gasteiger partial charge in [0.05, 0.1) is 28.1 Å². The molecule has 0 spiro atoms. The number of rotatable bonds is 2. The number of imidazole rings is 1. The summed E-state index contributed by atoms with van der Waals surface area (Å²) in [6.07, 6.45) is 3.85. The number of aryl methyl sites for hydroxylation is 4. The van der Waals surface area contributed by atoms with E-state index in [1.54, 1.807) is 0 Å². The van der Waals surface area contributed by atoms with Gasteiger partial charge >= 0.3 is 0 Å². The molecular formula is C19H21N5O. The lowest BCUT2D eigenvalue weighted by Gasteiger charge is -2.24. The lowest BCUT2D eigenvalue weighted by Crippen LogP contribution is -2.40. The molecule has 6 heteroatoms. The number of aromatic nitrogens is 4. The quantitative estimate of drug-likeness (QED) is 0.781. The molecule has 0 unspecified atom stereocenters. The van der Waals surface area contributed by atoms with Crippen molar-refractivity contribution in [3.05, 3.63) is 52.9 Å². The molecule has 1 atom stereocenters. The minimum Gasteiger partial charge on any atom is -0.347 e. The Hall–Kier alpha value is -2.76. The molecular weight excluding hydrogens is 314 g/mol. The van der Waals surface area contributed by atoms with Gasteiger partial charge < -0.3 is 9.88 Å². The molecule has 0 saturated heterocycles. The van der Waals surface area contributed by atoms with Crippen molar-refractivity contribution in [2.75, 3.05) is 0 Å². The molecule has 1 N–H and O–H groups in total. The van der Waals surface area contributed by atoms with Gasteiger partial charge in [-0.2, -0.15) is 0 Å². The molecule has 0 saturated carbocycles. The molecule has 128 valence electrons. The van der Waals surface area contributed by atoms with Crippen LogP contribution in [0.2, 0.25) is 0 Å². The van der Waals surface area contributed by atoms with Crippen LogP contribution < -0.4 is 5.32 Å². The van der Waals surface area contributed by atoms with Gasteiger partial charge in [-0.1, -0.05) is 0 Å². The Balaban J connectivity index is 1.53. The van der Waals surface area contributed by atoms with Gasteiger partial charge in [0.1, 0.15) is 5.82 Å². The smallest absolute Gasteiger partial charge is 0.251 e. The van der Waals surface area contributed by atoms with Crippen LogP contribution in [0.5, 0.6) is 0 Å². The zero-order chi connectivity index (χ0) is 17.6. The number of carbonyl (C=O) groups is 1. The molecule has 1 aliphatic rings. The second kappa shape index (κ2) is 5.95. The lowest BCUT2D eigenvalue weighted by atomic mass is 10.1. The van der Waals surface area contributed by atoms with Crippen LogP contribution in [0.15, 0.2) is 24.4 Å². The summed E-state index contributed by atoms with van der Waals surface area (Å²) in [7, 11) is 0. The van der Waals surface area contributed by atoms with Crippen LogP contribution in [0.4, 0.5) is 0 Å². The summed E-state index contributed by atoms with van der Waals surface area (Å²) in [6.45, 7) is 6.64. The van der Waals surface area contributed by atoms with E-state index in [1.807, 2.05) is 45.2 Å². The Morgan fingerprint density at radius 1 is 1.12 bits per heavy atom. The first kappa shape index (κ1) is 15.7. The molecule has 1 amide bonds. The number of benzene rings is 1. The van der Waals surface area contributed by atoms with Crippen molar-refractivity contribution in [1.29, 1.82) is 0 Å². The monoisotopic (exact) mass is 335 g/mol. The molecule has 0 radical (unpaired) electrons. The summed E-state index contributed by atoms with van der Waals surface area (Å²) in [5, 5.41) is 3.14. The normalized spacial score (nSPS) is 16.7. The average molecular weight is 335 g/mol. The highest BCUT2D eigenvalue weighted by atomic mass is 16.1. The molecule has 0 fully saturated rings. The van der Waals surface area contributed by atoms with Crippen molar-refractivity contribution >= 4 is 16.9 Å². The minimum atomic E-state index is -0.0628. The summed E-state index contributed by atoms with van der Waals surface area (Å²) in [6, 6.07) is 5.62. The van der Waals surface area contributed by atoms with Gasteiger partial charge in [0, 0.05) is 30.8 Å². The van der Waals surface area contributed by atoms with Crippen molar-refractivity contribution in [3.8, 4) is 0 Å². The summed E-state index contributed by atoms with van der Waals surface area (Å²) < 4.78 is 2.14. The van der Waals surface area contributed by atoms with E-state index in [1.165, 1.54) is 0 Å². The van der Waals surface area contributed by atoms with Crippen molar-refractivity contribution in [2.45, 2.75) is 46.2 Å². The van der Waals surface area contributed by atoms with Crippen molar-refractivity contribution in [2.24, 2.45) is 0 Å². The van der Waals surface area contributed by atoms with Crippen LogP contribution in [0, 0.1) is 20.8 Å². The van der Waals surface area contributed by atoms with Crippen LogP contribution in [-0.4, -0.2) is 31.5 Å². The van der Waals surface area contributed by atoms with Gasteiger partial charge in [-0.3, -0.25) is 4.79 Å². The molecule has 3 aromatic rings. The molecule has 1 aromatic carbocycles. The topological polar surface area (TPSA) is 72.7 Å². The van der Waals surface area contributed by atoms with Gasteiger partial charge in [0.15, 0.2) is 0 Å². The predicted molar refractivity (Wildman–Crippen MR) is 95.6 cm³/mol. The molecule has 4 rings (SSSR count). The van der Waals surface area contributed by atoms with E-state index in [4.69, 9.17) is 0 Å². The second-order valence-corrected chi connectivity index (χ2v) is 6.76. The molecule has 0 aliphatic carbocycles. The highest BCUT2D eigenvalue weighted by Gasteiger charge is 2.21. The standard InChI is InChI=1S/C19H21N5O/c1-11-9-24-10-15(5-7-18(24)20-11)23-19(25)14-4-6-16-17(8-14)22-13(3)12(2)21-16/h4,6,8-9,15H,5,7,10H2,1-3H3,(H,23,25)/t15-/m1/s1. The number of hydrogen-bond donors (Lipinski definition) is 1. The predicted octanol–water partition coefficient (Wildman–Crippen LogP) is 2.50. The number of carbonyl (C=O) groups excluding carboxylic acids is 1. The number of hydrogen-bond acceptors (Lipinski definition) is 4. The Morgan fingerprint density at radius 3 is 2.68 bits per heavy atom. The van der Waals surface area contributed by atoms with Crippen molar-refractivity contribution in [1.82, 2.24) is 24.8 Å². The zero-order valence-electron chi connectivity index (χ0n) is 14.7. The highest BCUT2D eigenvalue weighted by Crippen LogP contribution is 2.17. The van der Waals surface area contributed by atoms with Gasteiger partial charge in [-0.15, -0.1) is 0 Å². The lowest BCUT2D eigenvalue weighted by molar-refractivity contribution is 0.0927. The van der Waals surface area contributed by atoms with E-state index in [2.05, 4.69) is 24.8 Å². The molecule has 1 aliphatic heterocycles. The molecule has 3 heterocycles. The van der Waals surface area contributed by atoms with Gasteiger partial charge in [-0.25, -0.2) is 15.0 Å². The molecule has 2 aromatic heterocycles. The van der Waals surface area contributed by atoms with Crippen LogP contribution in [0.1, 0.15) is 39.7 Å². The molecule has 0 bridgehead atoms. The van der Waals surface area contributed by atoms with Gasteiger partial charge in [0.2, 0.25) is 0 Å². The van der Waals surface area contributed by atoms with Crippen LogP contribution in [0.25, 0.3) is 11.0 Å². The number of nitrogens with one attached hydrogen (secondary N) is 1. The van der Waals surface area contributed by atoms with Crippen molar-refractivity contribution < 1.29 is 4.79 Å². The Morgan fingerprint density at radius 2 is 1.88 bits per heavy atom. The summed E-state index contributed by atoms with van der Waals surface area (Å²) >= 11 is 0. The average Bonchev–Trinajstić information content (AvgIpc) is 2.94. The largest absolute Gasteiger partial charge is 0.347 e.